The number of imide groups is 1. The second kappa shape index (κ2) is 6.23. The summed E-state index contributed by atoms with van der Waals surface area (Å²) in [5.41, 5.74) is 0.279. The molecule has 0 spiro atoms. The zero-order chi connectivity index (χ0) is 15.4. The van der Waals surface area contributed by atoms with E-state index in [4.69, 9.17) is 0 Å². The molecule has 0 aliphatic rings. The maximum atomic E-state index is 11.9. The van der Waals surface area contributed by atoms with E-state index in [1.54, 1.807) is 24.3 Å². The number of amides is 2. The van der Waals surface area contributed by atoms with Crippen molar-refractivity contribution in [2.24, 2.45) is 0 Å². The van der Waals surface area contributed by atoms with Gasteiger partial charge in [0.05, 0.1) is 5.56 Å². The molecule has 0 fully saturated rings. The number of carbonyl (C=O) groups excluding carboxylic acids is 2. The first-order valence-electron chi connectivity index (χ1n) is 5.69. The van der Waals surface area contributed by atoms with Crippen LogP contribution in [0.4, 0.5) is 5.82 Å². The van der Waals surface area contributed by atoms with Gasteiger partial charge in [-0.1, -0.05) is 22.0 Å². The maximum Gasteiger partial charge on any atom is 0.364 e. The molecule has 0 bridgehead atoms. The Bertz CT molecular complexity index is 733. The monoisotopic (exact) mass is 349 g/mol. The number of hydrogen-bond acceptors (Lipinski definition) is 5. The van der Waals surface area contributed by atoms with Crippen LogP contribution in [0, 0.1) is 10.1 Å². The van der Waals surface area contributed by atoms with E-state index in [1.165, 1.54) is 6.07 Å². The molecule has 1 heterocycles. The van der Waals surface area contributed by atoms with E-state index in [0.29, 0.717) is 10.0 Å². The highest BCUT2D eigenvalue weighted by atomic mass is 79.9. The van der Waals surface area contributed by atoms with Crippen molar-refractivity contribution in [2.45, 2.75) is 0 Å². The lowest BCUT2D eigenvalue weighted by Crippen LogP contribution is -2.30. The van der Waals surface area contributed by atoms with Crippen molar-refractivity contribution >= 4 is 33.6 Å². The summed E-state index contributed by atoms with van der Waals surface area (Å²) < 4.78 is 0.696. The molecule has 2 amide bonds. The minimum atomic E-state index is -0.731. The van der Waals surface area contributed by atoms with Crippen molar-refractivity contribution in [2.75, 3.05) is 0 Å². The van der Waals surface area contributed by atoms with Gasteiger partial charge in [0, 0.05) is 16.1 Å². The molecular weight excluding hydrogens is 342 g/mol. The van der Waals surface area contributed by atoms with Crippen LogP contribution in [-0.4, -0.2) is 21.7 Å². The van der Waals surface area contributed by atoms with Crippen LogP contribution < -0.4 is 5.32 Å². The Labute approximate surface area is 127 Å². The first-order valence-corrected chi connectivity index (χ1v) is 6.48. The van der Waals surface area contributed by atoms with Gasteiger partial charge in [0.2, 0.25) is 0 Å². The molecule has 106 valence electrons. The fourth-order valence-corrected chi connectivity index (χ4v) is 1.94. The second-order valence-electron chi connectivity index (χ2n) is 3.95. The van der Waals surface area contributed by atoms with Crippen LogP contribution in [0.15, 0.2) is 47.1 Å². The molecule has 0 aliphatic carbocycles. The molecule has 0 atom stereocenters. The van der Waals surface area contributed by atoms with Gasteiger partial charge >= 0.3 is 5.82 Å². The summed E-state index contributed by atoms with van der Waals surface area (Å²) in [6.45, 7) is 0. The Morgan fingerprint density at radius 3 is 2.43 bits per heavy atom. The van der Waals surface area contributed by atoms with Gasteiger partial charge in [-0.2, -0.15) is 0 Å². The number of nitrogens with zero attached hydrogens (tertiary/aromatic N) is 2. The van der Waals surface area contributed by atoms with Crippen LogP contribution in [0.3, 0.4) is 0 Å². The Balaban J connectivity index is 2.16. The third-order valence-corrected chi connectivity index (χ3v) is 3.00. The van der Waals surface area contributed by atoms with Gasteiger partial charge in [0.15, 0.2) is 0 Å². The largest absolute Gasteiger partial charge is 0.364 e. The van der Waals surface area contributed by atoms with E-state index in [0.717, 1.165) is 12.3 Å². The zero-order valence-electron chi connectivity index (χ0n) is 10.4. The third-order valence-electron chi connectivity index (χ3n) is 2.51. The Hall–Kier alpha value is -2.61. The normalized spacial score (nSPS) is 9.95. The number of benzene rings is 1. The quantitative estimate of drug-likeness (QED) is 0.520. The highest BCUT2D eigenvalue weighted by Gasteiger charge is 2.16. The van der Waals surface area contributed by atoms with Crippen molar-refractivity contribution in [1.29, 1.82) is 0 Å². The summed E-state index contributed by atoms with van der Waals surface area (Å²) in [5.74, 6) is -1.79. The van der Waals surface area contributed by atoms with Crippen LogP contribution >= 0.6 is 15.9 Å². The van der Waals surface area contributed by atoms with Crippen molar-refractivity contribution in [3.63, 3.8) is 0 Å². The van der Waals surface area contributed by atoms with Crippen LogP contribution in [0.2, 0.25) is 0 Å². The van der Waals surface area contributed by atoms with Crippen molar-refractivity contribution in [3.8, 4) is 0 Å². The van der Waals surface area contributed by atoms with Crippen LogP contribution in [-0.2, 0) is 0 Å². The minimum absolute atomic E-state index is 0.0138. The fraction of sp³-hybridized carbons (Fsp3) is 0. The Morgan fingerprint density at radius 2 is 1.81 bits per heavy atom. The van der Waals surface area contributed by atoms with Gasteiger partial charge in [0.1, 0.15) is 6.20 Å². The fourth-order valence-electron chi connectivity index (χ4n) is 1.54. The number of nitrogens with one attached hydrogen (secondary N) is 1. The number of aromatic nitrogens is 1. The van der Waals surface area contributed by atoms with Crippen LogP contribution in [0.1, 0.15) is 20.7 Å². The predicted octanol–water partition coefficient (Wildman–Crippen LogP) is 2.32. The van der Waals surface area contributed by atoms with Gasteiger partial charge in [-0.05, 0) is 34.2 Å². The topological polar surface area (TPSA) is 102 Å². The van der Waals surface area contributed by atoms with Gasteiger partial charge in [-0.3, -0.25) is 14.9 Å². The molecule has 2 rings (SSSR count). The van der Waals surface area contributed by atoms with Gasteiger partial charge in [-0.15, -0.1) is 0 Å². The summed E-state index contributed by atoms with van der Waals surface area (Å²) >= 11 is 3.22. The maximum absolute atomic E-state index is 11.9. The highest BCUT2D eigenvalue weighted by molar-refractivity contribution is 9.10. The number of carbonyl (C=O) groups is 2. The van der Waals surface area contributed by atoms with E-state index in [9.17, 15) is 19.7 Å². The van der Waals surface area contributed by atoms with Gasteiger partial charge in [-0.25, -0.2) is 0 Å². The third kappa shape index (κ3) is 3.69. The molecule has 0 saturated heterocycles. The summed E-state index contributed by atoms with van der Waals surface area (Å²) in [4.78, 5) is 37.2. The first kappa shape index (κ1) is 14.8. The average Bonchev–Trinajstić information content (AvgIpc) is 2.47. The lowest BCUT2D eigenvalue weighted by Gasteiger charge is -2.04. The molecule has 1 aromatic heterocycles. The number of pyridine rings is 1. The lowest BCUT2D eigenvalue weighted by atomic mass is 10.2. The number of nitro groups is 1. The zero-order valence-corrected chi connectivity index (χ0v) is 12.0. The summed E-state index contributed by atoms with van der Waals surface area (Å²) in [6.07, 6.45) is 1.14. The smallest absolute Gasteiger partial charge is 0.358 e. The van der Waals surface area contributed by atoms with E-state index in [1.807, 2.05) is 0 Å². The highest BCUT2D eigenvalue weighted by Crippen LogP contribution is 2.12. The summed E-state index contributed by atoms with van der Waals surface area (Å²) in [5, 5.41) is 12.8. The molecule has 0 saturated carbocycles. The molecular formula is C13H8BrN3O4. The predicted molar refractivity (Wildman–Crippen MR) is 76.8 cm³/mol. The Kier molecular flexibility index (Phi) is 4.39. The van der Waals surface area contributed by atoms with Crippen molar-refractivity contribution < 1.29 is 14.5 Å². The van der Waals surface area contributed by atoms with Crippen LogP contribution in [0.5, 0.6) is 0 Å². The molecule has 7 nitrogen and oxygen atoms in total. The minimum Gasteiger partial charge on any atom is -0.358 e. The van der Waals surface area contributed by atoms with E-state index in [-0.39, 0.29) is 5.56 Å². The summed E-state index contributed by atoms with van der Waals surface area (Å²) in [7, 11) is 0. The van der Waals surface area contributed by atoms with Crippen molar-refractivity contribution in [1.82, 2.24) is 10.3 Å². The van der Waals surface area contributed by atoms with E-state index in [2.05, 4.69) is 26.2 Å². The molecule has 1 aromatic carbocycles. The molecule has 21 heavy (non-hydrogen) atoms. The SMILES string of the molecule is O=C(NC(=O)c1ccnc([N+](=O)[O-])c1)c1cccc(Br)c1. The van der Waals surface area contributed by atoms with Crippen molar-refractivity contribution in [3.05, 3.63) is 68.3 Å². The molecule has 8 heteroatoms. The van der Waals surface area contributed by atoms with Gasteiger partial charge < -0.3 is 10.1 Å². The standard InChI is InChI=1S/C13H8BrN3O4/c14-10-3-1-2-8(6-10)12(18)16-13(19)9-4-5-15-11(7-9)17(20)21/h1-7H,(H,16,18,19). The average molecular weight is 350 g/mol. The number of rotatable bonds is 3. The van der Waals surface area contributed by atoms with Gasteiger partial charge in [0.25, 0.3) is 11.8 Å². The van der Waals surface area contributed by atoms with E-state index >= 15 is 0 Å². The second-order valence-corrected chi connectivity index (χ2v) is 4.87. The molecule has 1 N–H and O–H groups in total. The van der Waals surface area contributed by atoms with Crippen LogP contribution in [0.25, 0.3) is 0 Å². The molecule has 0 unspecified atom stereocenters. The van der Waals surface area contributed by atoms with E-state index < -0.39 is 22.6 Å². The lowest BCUT2D eigenvalue weighted by molar-refractivity contribution is -0.389. The first-order chi connectivity index (χ1) is 9.97. The molecule has 2 aromatic rings. The molecule has 0 aliphatic heterocycles. The summed E-state index contributed by atoms with van der Waals surface area (Å²) in [6, 6.07) is 8.78. The Morgan fingerprint density at radius 1 is 1.14 bits per heavy atom. The molecule has 0 radical (unpaired) electrons. The number of halogens is 1. The number of hydrogen-bond donors (Lipinski definition) is 1.